The molecule has 150 valence electrons. The van der Waals surface area contributed by atoms with Gasteiger partial charge in [0.15, 0.2) is 11.5 Å². The summed E-state index contributed by atoms with van der Waals surface area (Å²) < 4.78 is 11.7. The molecule has 0 spiro atoms. The van der Waals surface area contributed by atoms with Crippen LogP contribution in [-0.4, -0.2) is 29.5 Å². The van der Waals surface area contributed by atoms with Crippen molar-refractivity contribution in [3.05, 3.63) is 52.0 Å². The van der Waals surface area contributed by atoms with E-state index in [-0.39, 0.29) is 30.6 Å². The van der Waals surface area contributed by atoms with Crippen LogP contribution in [0.5, 0.6) is 11.5 Å². The molecule has 0 aromatic heterocycles. The average Bonchev–Trinajstić information content (AvgIpc) is 3.33. The minimum absolute atomic E-state index is 0.0288. The van der Waals surface area contributed by atoms with Crippen molar-refractivity contribution in [1.82, 2.24) is 4.90 Å². The maximum Gasteiger partial charge on any atom is 0.254 e. The van der Waals surface area contributed by atoms with Crippen LogP contribution in [0.15, 0.2) is 40.9 Å². The highest BCUT2D eigenvalue weighted by atomic mass is 79.9. The standard InChI is InChI=1S/C22H21BrN2O4/c23-18-3-1-2-16-17(18)11-25(22(16)27)15-7-4-13(5-8-15)21(26)24-14-6-9-19-20(10-14)29-12-28-19/h1-3,6,9-10,13,15H,4-5,7-8,11-12H2,(H,24,26). The summed E-state index contributed by atoms with van der Waals surface area (Å²) in [6, 6.07) is 11.4. The summed E-state index contributed by atoms with van der Waals surface area (Å²) in [5.74, 6) is 1.45. The fourth-order valence-corrected chi connectivity index (χ4v) is 4.97. The summed E-state index contributed by atoms with van der Waals surface area (Å²) in [7, 11) is 0. The molecule has 2 aromatic rings. The summed E-state index contributed by atoms with van der Waals surface area (Å²) in [6.45, 7) is 0.862. The van der Waals surface area contributed by atoms with Gasteiger partial charge >= 0.3 is 0 Å². The first kappa shape index (κ1) is 18.5. The first-order valence-corrected chi connectivity index (χ1v) is 10.7. The Morgan fingerprint density at radius 3 is 2.66 bits per heavy atom. The number of halogens is 1. The number of anilines is 1. The fraction of sp³-hybridized carbons (Fsp3) is 0.364. The van der Waals surface area contributed by atoms with Crippen molar-refractivity contribution in [2.45, 2.75) is 38.3 Å². The molecule has 0 saturated heterocycles. The van der Waals surface area contributed by atoms with Crippen molar-refractivity contribution in [1.29, 1.82) is 0 Å². The van der Waals surface area contributed by atoms with Crippen LogP contribution < -0.4 is 14.8 Å². The van der Waals surface area contributed by atoms with Gasteiger partial charge in [0, 0.05) is 40.3 Å². The van der Waals surface area contributed by atoms with Crippen LogP contribution in [0.25, 0.3) is 0 Å². The highest BCUT2D eigenvalue weighted by Gasteiger charge is 2.36. The fourth-order valence-electron chi connectivity index (χ4n) is 4.48. The number of nitrogens with one attached hydrogen (secondary N) is 1. The van der Waals surface area contributed by atoms with E-state index in [1.807, 2.05) is 35.2 Å². The minimum Gasteiger partial charge on any atom is -0.454 e. The maximum atomic E-state index is 12.8. The third-order valence-electron chi connectivity index (χ3n) is 6.09. The number of rotatable bonds is 3. The van der Waals surface area contributed by atoms with Crippen molar-refractivity contribution < 1.29 is 19.1 Å². The molecule has 2 aliphatic heterocycles. The molecule has 1 fully saturated rings. The Kier molecular flexibility index (Phi) is 4.70. The van der Waals surface area contributed by atoms with Crippen LogP contribution in [0.4, 0.5) is 5.69 Å². The average molecular weight is 457 g/mol. The van der Waals surface area contributed by atoms with Crippen LogP contribution in [0.1, 0.15) is 41.6 Å². The molecule has 1 aliphatic carbocycles. The lowest BCUT2D eigenvalue weighted by atomic mass is 9.84. The number of amides is 2. The second-order valence-corrected chi connectivity index (χ2v) is 8.62. The van der Waals surface area contributed by atoms with Gasteiger partial charge in [0.2, 0.25) is 12.7 Å². The molecular weight excluding hydrogens is 436 g/mol. The molecule has 3 aliphatic rings. The molecule has 0 radical (unpaired) electrons. The highest BCUT2D eigenvalue weighted by molar-refractivity contribution is 9.10. The second kappa shape index (κ2) is 7.37. The van der Waals surface area contributed by atoms with E-state index in [4.69, 9.17) is 9.47 Å². The number of fused-ring (bicyclic) bond motifs is 2. The Labute approximate surface area is 177 Å². The van der Waals surface area contributed by atoms with E-state index in [0.717, 1.165) is 47.0 Å². The van der Waals surface area contributed by atoms with Crippen LogP contribution in [0.2, 0.25) is 0 Å². The molecule has 0 bridgehead atoms. The number of carbonyl (C=O) groups is 2. The Hall–Kier alpha value is -2.54. The second-order valence-electron chi connectivity index (χ2n) is 7.76. The molecule has 1 N–H and O–H groups in total. The van der Waals surface area contributed by atoms with Gasteiger partial charge in [0.25, 0.3) is 5.91 Å². The summed E-state index contributed by atoms with van der Waals surface area (Å²) in [4.78, 5) is 27.5. The van der Waals surface area contributed by atoms with Gasteiger partial charge in [-0.1, -0.05) is 22.0 Å². The number of benzene rings is 2. The summed E-state index contributed by atoms with van der Waals surface area (Å²) in [6.07, 6.45) is 3.25. The van der Waals surface area contributed by atoms with Gasteiger partial charge in [0.05, 0.1) is 0 Å². The van der Waals surface area contributed by atoms with Gasteiger partial charge in [-0.15, -0.1) is 0 Å². The SMILES string of the molecule is O=C(Nc1ccc2c(c1)OCO2)C1CCC(N2Cc3c(Br)cccc3C2=O)CC1. The third kappa shape index (κ3) is 3.37. The zero-order valence-electron chi connectivity index (χ0n) is 15.8. The maximum absolute atomic E-state index is 12.8. The van der Waals surface area contributed by atoms with E-state index in [2.05, 4.69) is 21.2 Å². The largest absolute Gasteiger partial charge is 0.454 e. The van der Waals surface area contributed by atoms with E-state index >= 15 is 0 Å². The molecular formula is C22H21BrN2O4. The van der Waals surface area contributed by atoms with Crippen LogP contribution >= 0.6 is 15.9 Å². The van der Waals surface area contributed by atoms with Gasteiger partial charge in [-0.2, -0.15) is 0 Å². The Morgan fingerprint density at radius 2 is 1.86 bits per heavy atom. The topological polar surface area (TPSA) is 67.9 Å². The smallest absolute Gasteiger partial charge is 0.254 e. The number of hydrogen-bond acceptors (Lipinski definition) is 4. The highest BCUT2D eigenvalue weighted by Crippen LogP contribution is 2.37. The first-order valence-electron chi connectivity index (χ1n) is 9.89. The summed E-state index contributed by atoms with van der Waals surface area (Å²) >= 11 is 3.56. The van der Waals surface area contributed by atoms with Gasteiger partial charge in [-0.25, -0.2) is 0 Å². The van der Waals surface area contributed by atoms with E-state index < -0.39 is 0 Å². The normalized spacial score (nSPS) is 22.5. The quantitative estimate of drug-likeness (QED) is 0.745. The lowest BCUT2D eigenvalue weighted by molar-refractivity contribution is -0.121. The molecule has 2 amide bonds. The minimum atomic E-state index is -0.0384. The van der Waals surface area contributed by atoms with Gasteiger partial charge in [0.1, 0.15) is 0 Å². The zero-order valence-corrected chi connectivity index (χ0v) is 17.4. The predicted molar refractivity (Wildman–Crippen MR) is 111 cm³/mol. The van der Waals surface area contributed by atoms with E-state index in [0.29, 0.717) is 18.0 Å². The van der Waals surface area contributed by atoms with E-state index in [9.17, 15) is 9.59 Å². The van der Waals surface area contributed by atoms with E-state index in [1.165, 1.54) is 0 Å². The van der Waals surface area contributed by atoms with Crippen LogP contribution in [-0.2, 0) is 11.3 Å². The number of nitrogens with zero attached hydrogens (tertiary/aromatic N) is 1. The Morgan fingerprint density at radius 1 is 1.07 bits per heavy atom. The monoisotopic (exact) mass is 456 g/mol. The molecule has 1 saturated carbocycles. The Balaban J connectivity index is 1.19. The third-order valence-corrected chi connectivity index (χ3v) is 6.83. The Bertz CT molecular complexity index is 985. The lowest BCUT2D eigenvalue weighted by Crippen LogP contribution is -2.40. The van der Waals surface area contributed by atoms with Gasteiger partial charge in [-0.3, -0.25) is 9.59 Å². The predicted octanol–water partition coefficient (Wildman–Crippen LogP) is 4.33. The first-order chi connectivity index (χ1) is 14.1. The van der Waals surface area contributed by atoms with Gasteiger partial charge < -0.3 is 19.7 Å². The molecule has 2 heterocycles. The van der Waals surface area contributed by atoms with Crippen molar-refractivity contribution >= 4 is 33.4 Å². The zero-order chi connectivity index (χ0) is 20.0. The number of ether oxygens (including phenoxy) is 2. The van der Waals surface area contributed by atoms with Crippen molar-refractivity contribution in [2.75, 3.05) is 12.1 Å². The van der Waals surface area contributed by atoms with Crippen LogP contribution in [0.3, 0.4) is 0 Å². The van der Waals surface area contributed by atoms with Crippen molar-refractivity contribution in [3.63, 3.8) is 0 Å². The van der Waals surface area contributed by atoms with Crippen LogP contribution in [0, 0.1) is 5.92 Å². The summed E-state index contributed by atoms with van der Waals surface area (Å²) in [5.41, 5.74) is 2.58. The van der Waals surface area contributed by atoms with E-state index in [1.54, 1.807) is 6.07 Å². The molecule has 29 heavy (non-hydrogen) atoms. The molecule has 2 aromatic carbocycles. The molecule has 6 nitrogen and oxygen atoms in total. The summed E-state index contributed by atoms with van der Waals surface area (Å²) in [5, 5.41) is 2.99. The van der Waals surface area contributed by atoms with Crippen molar-refractivity contribution in [3.8, 4) is 11.5 Å². The number of carbonyl (C=O) groups excluding carboxylic acids is 2. The molecule has 5 rings (SSSR count). The number of hydrogen-bond donors (Lipinski definition) is 1. The molecule has 0 unspecified atom stereocenters. The van der Waals surface area contributed by atoms with Gasteiger partial charge in [-0.05, 0) is 55.5 Å². The lowest BCUT2D eigenvalue weighted by Gasteiger charge is -2.34. The van der Waals surface area contributed by atoms with Crippen molar-refractivity contribution in [2.24, 2.45) is 5.92 Å². The molecule has 0 atom stereocenters. The molecule has 7 heteroatoms.